The molecule has 0 aliphatic rings. The number of hydrogen-bond donors (Lipinski definition) is 0. The quantitative estimate of drug-likeness (QED) is 0.259. The van der Waals surface area contributed by atoms with Crippen LogP contribution in [0, 0.1) is 0 Å². The predicted molar refractivity (Wildman–Crippen MR) is 16.1 cm³/mol. The van der Waals surface area contributed by atoms with Crippen molar-refractivity contribution in [2.75, 3.05) is 0 Å². The first-order valence-electron chi connectivity index (χ1n) is 1.26. The van der Waals surface area contributed by atoms with Gasteiger partial charge in [0.2, 0.25) is 0 Å². The van der Waals surface area contributed by atoms with Gasteiger partial charge in [0.25, 0.3) is 0 Å². The van der Waals surface area contributed by atoms with Crippen LogP contribution >= 0.6 is 0 Å². The van der Waals surface area contributed by atoms with Crippen molar-refractivity contribution in [3.63, 3.8) is 0 Å². The average molecular weight is 119 g/mol. The van der Waals surface area contributed by atoms with Gasteiger partial charge in [-0.25, -0.2) is 0 Å². The molecule has 0 aromatic heterocycles. The van der Waals surface area contributed by atoms with E-state index in [9.17, 15) is 16.4 Å². The molecule has 0 unspecified atom stereocenters. The van der Waals surface area contributed by atoms with E-state index in [1.807, 2.05) is 0 Å². The molecule has 0 spiro atoms. The van der Waals surface area contributed by atoms with Crippen LogP contribution < -0.4 is 0 Å². The van der Waals surface area contributed by atoms with E-state index in [0.29, 0.717) is 0 Å². The standard InChI is InChI=1S/CH3F4Si/c1-6(2,3,4)5/h1H3/q-1. The topological polar surface area (TPSA) is 0 Å². The van der Waals surface area contributed by atoms with Crippen LogP contribution in [-0.2, 0) is 0 Å². The molecular formula is CH3F4Si-. The predicted octanol–water partition coefficient (Wildman–Crippen LogP) is 1.88. The molecule has 0 nitrogen and oxygen atoms in total. The summed E-state index contributed by atoms with van der Waals surface area (Å²) in [5.41, 5.74) is 0. The third-order valence-electron chi connectivity index (χ3n) is 0. The molecule has 0 saturated carbocycles. The molecular weight excluding hydrogens is 116 g/mol. The first kappa shape index (κ1) is 5.94. The van der Waals surface area contributed by atoms with Gasteiger partial charge in [-0.05, 0) is 0 Å². The molecule has 0 aliphatic carbocycles. The Morgan fingerprint density at radius 2 is 1.00 bits per heavy atom. The van der Waals surface area contributed by atoms with Crippen molar-refractivity contribution in [3.8, 4) is 0 Å². The maximum absolute atomic E-state index is 10.5. The van der Waals surface area contributed by atoms with Crippen LogP contribution in [0.2, 0.25) is 6.55 Å². The summed E-state index contributed by atoms with van der Waals surface area (Å²) in [4.78, 5) is 0. The minimum absolute atomic E-state index is 0.306. The van der Waals surface area contributed by atoms with Crippen LogP contribution in [-0.4, -0.2) is 8.69 Å². The Morgan fingerprint density at radius 1 is 1.00 bits per heavy atom. The molecule has 5 heteroatoms. The van der Waals surface area contributed by atoms with E-state index in [1.54, 1.807) is 0 Å². The molecule has 0 heterocycles. The number of rotatable bonds is 0. The molecule has 6 heavy (non-hydrogen) atoms. The molecule has 0 atom stereocenters. The van der Waals surface area contributed by atoms with Crippen LogP contribution in [0.25, 0.3) is 0 Å². The SMILES string of the molecule is C[Si-](F)(F)(F)F. The Labute approximate surface area is 32.9 Å². The summed E-state index contributed by atoms with van der Waals surface area (Å²) in [6.45, 7) is -0.306. The summed E-state index contributed by atoms with van der Waals surface area (Å²) in [5.74, 6) is 0. The van der Waals surface area contributed by atoms with E-state index in [-0.39, 0.29) is 6.55 Å². The Morgan fingerprint density at radius 3 is 1.00 bits per heavy atom. The van der Waals surface area contributed by atoms with Crippen LogP contribution in [0.5, 0.6) is 0 Å². The van der Waals surface area contributed by atoms with Gasteiger partial charge >= 0.3 is 31.7 Å². The van der Waals surface area contributed by atoms with E-state index in [0.717, 1.165) is 0 Å². The fraction of sp³-hybridized carbons (Fsp3) is 1.00. The molecule has 0 aromatic rings. The van der Waals surface area contributed by atoms with Crippen LogP contribution in [0.1, 0.15) is 0 Å². The van der Waals surface area contributed by atoms with Crippen molar-refractivity contribution < 1.29 is 16.4 Å². The van der Waals surface area contributed by atoms with Crippen molar-refractivity contribution in [1.29, 1.82) is 0 Å². The molecule has 0 amide bonds. The van der Waals surface area contributed by atoms with Gasteiger partial charge < -0.3 is 0 Å². The minimum atomic E-state index is -7.25. The Bertz CT molecular complexity index is 40.7. The van der Waals surface area contributed by atoms with E-state index in [2.05, 4.69) is 0 Å². The second kappa shape index (κ2) is 0.775. The summed E-state index contributed by atoms with van der Waals surface area (Å²) in [6.07, 6.45) is 0. The van der Waals surface area contributed by atoms with Crippen LogP contribution in [0.3, 0.4) is 0 Å². The van der Waals surface area contributed by atoms with Crippen molar-refractivity contribution in [3.05, 3.63) is 0 Å². The molecule has 0 aromatic carbocycles. The molecule has 0 aliphatic heterocycles. The molecule has 0 radical (unpaired) electrons. The van der Waals surface area contributed by atoms with Gasteiger partial charge in [-0.2, -0.15) is 0 Å². The van der Waals surface area contributed by atoms with E-state index < -0.39 is 8.69 Å². The zero-order valence-corrected chi connectivity index (χ0v) is 4.01. The molecule has 0 rings (SSSR count). The van der Waals surface area contributed by atoms with E-state index in [1.165, 1.54) is 0 Å². The maximum atomic E-state index is 10.5. The van der Waals surface area contributed by atoms with Gasteiger partial charge in [-0.15, -0.1) is 0 Å². The van der Waals surface area contributed by atoms with Crippen molar-refractivity contribution >= 4 is 8.69 Å². The van der Waals surface area contributed by atoms with Gasteiger partial charge in [-0.1, -0.05) is 0 Å². The molecule has 0 N–H and O–H groups in total. The summed E-state index contributed by atoms with van der Waals surface area (Å²) in [5, 5.41) is 0. The molecule has 0 bridgehead atoms. The molecule has 40 valence electrons. The van der Waals surface area contributed by atoms with Crippen molar-refractivity contribution in [1.82, 2.24) is 0 Å². The first-order chi connectivity index (χ1) is 2.24. The summed E-state index contributed by atoms with van der Waals surface area (Å²) >= 11 is 0. The van der Waals surface area contributed by atoms with E-state index >= 15 is 0 Å². The van der Waals surface area contributed by atoms with Crippen molar-refractivity contribution in [2.24, 2.45) is 0 Å². The Balaban J connectivity index is 3.73. The number of halogens is 4. The fourth-order valence-corrected chi connectivity index (χ4v) is 0. The molecule has 0 fully saturated rings. The van der Waals surface area contributed by atoms with Gasteiger partial charge in [0.15, 0.2) is 0 Å². The van der Waals surface area contributed by atoms with E-state index in [4.69, 9.17) is 0 Å². The summed E-state index contributed by atoms with van der Waals surface area (Å²) in [7, 11) is -7.25. The third kappa shape index (κ3) is 8520. The summed E-state index contributed by atoms with van der Waals surface area (Å²) in [6, 6.07) is 0. The zero-order valence-electron chi connectivity index (χ0n) is 3.01. The Hall–Kier alpha value is -0.0631. The fourth-order valence-electron chi connectivity index (χ4n) is 0. The molecule has 0 saturated heterocycles. The van der Waals surface area contributed by atoms with Gasteiger partial charge in [-0.3, -0.25) is 0 Å². The average Bonchev–Trinajstić information content (AvgIpc) is 0.650. The normalized spacial score (nSPS) is 19.2. The first-order valence-corrected chi connectivity index (χ1v) is 3.77. The van der Waals surface area contributed by atoms with Crippen LogP contribution in [0.15, 0.2) is 0 Å². The van der Waals surface area contributed by atoms with Crippen molar-refractivity contribution in [2.45, 2.75) is 6.55 Å². The summed E-state index contributed by atoms with van der Waals surface area (Å²) < 4.78 is 42.1. The van der Waals surface area contributed by atoms with Gasteiger partial charge in [0.05, 0.1) is 0 Å². The number of hydrogen-bond acceptors (Lipinski definition) is 0. The van der Waals surface area contributed by atoms with Gasteiger partial charge in [0.1, 0.15) is 0 Å². The van der Waals surface area contributed by atoms with Gasteiger partial charge in [0, 0.05) is 0 Å². The second-order valence-electron chi connectivity index (χ2n) is 1.18. The zero-order chi connectivity index (χ0) is 5.45. The van der Waals surface area contributed by atoms with Crippen LogP contribution in [0.4, 0.5) is 16.4 Å². The second-order valence-corrected chi connectivity index (χ2v) is 3.55. The Kier molecular flexibility index (Phi) is 0.767. The monoisotopic (exact) mass is 119 g/mol. The third-order valence-corrected chi connectivity index (χ3v) is 0.